The third kappa shape index (κ3) is 9.95. The van der Waals surface area contributed by atoms with Gasteiger partial charge in [-0.1, -0.05) is 54.6 Å². The van der Waals surface area contributed by atoms with Gasteiger partial charge in [0.05, 0.1) is 0 Å². The van der Waals surface area contributed by atoms with Crippen LogP contribution in [0, 0.1) is 13.8 Å². The number of hydrogen-bond donors (Lipinski definition) is 3. The molecule has 0 aliphatic rings. The quantitative estimate of drug-likeness (QED) is 0.157. The molecular formula is C33H33F3N2O7. The zero-order valence-electron chi connectivity index (χ0n) is 24.9. The van der Waals surface area contributed by atoms with Gasteiger partial charge in [0.1, 0.15) is 17.9 Å². The number of nitrogens with one attached hydrogen (secondary N) is 2. The molecule has 0 saturated heterocycles. The van der Waals surface area contributed by atoms with Gasteiger partial charge in [0.25, 0.3) is 0 Å². The average Bonchev–Trinajstić information content (AvgIpc) is 2.99. The Morgan fingerprint density at radius 2 is 1.47 bits per heavy atom. The molecule has 3 N–H and O–H groups in total. The average molecular weight is 627 g/mol. The van der Waals surface area contributed by atoms with Crippen LogP contribution in [0.3, 0.4) is 0 Å². The number of aliphatic carboxylic acids is 1. The standard InChI is InChI=1S/C31H32N2O5.C2HF3O2/c1-20-26-13-15-28(37-19-23-9-11-25(12-10-23)24-7-5-4-6-8-24)21(2)30(26)38-31(36)27(20)14-16-29(35)33-18-17-32-22(3)34;3-2(4,5)1(6)7/h4-13,15H,14,16-19H2,1-3H3,(H,32,34)(H,33,35);(H,6,7). The lowest BCUT2D eigenvalue weighted by Crippen LogP contribution is -2.33. The SMILES string of the molecule is CC(=O)NCCNC(=O)CCc1c(C)c2ccc(OCc3ccc(-c4ccccc4)cc3)c(C)c2oc1=O.O=C(O)C(F)(F)F. The minimum absolute atomic E-state index is 0.148. The minimum atomic E-state index is -5.08. The lowest BCUT2D eigenvalue weighted by Gasteiger charge is -2.14. The predicted molar refractivity (Wildman–Crippen MR) is 162 cm³/mol. The fraction of sp³-hybridized carbons (Fsp3) is 0.273. The lowest BCUT2D eigenvalue weighted by atomic mass is 10.00. The van der Waals surface area contributed by atoms with Gasteiger partial charge in [-0.25, -0.2) is 9.59 Å². The number of benzene rings is 3. The predicted octanol–water partition coefficient (Wildman–Crippen LogP) is 5.47. The van der Waals surface area contributed by atoms with Gasteiger partial charge in [0.15, 0.2) is 0 Å². The minimum Gasteiger partial charge on any atom is -0.488 e. The van der Waals surface area contributed by atoms with Crippen LogP contribution < -0.4 is 21.0 Å². The molecule has 0 aliphatic heterocycles. The number of carbonyl (C=O) groups is 3. The molecule has 0 bridgehead atoms. The molecule has 3 aromatic carbocycles. The van der Waals surface area contributed by atoms with Crippen LogP contribution in [0.2, 0.25) is 0 Å². The van der Waals surface area contributed by atoms with Gasteiger partial charge in [0.2, 0.25) is 11.8 Å². The summed E-state index contributed by atoms with van der Waals surface area (Å²) in [4.78, 5) is 44.8. The van der Waals surface area contributed by atoms with Gasteiger partial charge >= 0.3 is 17.8 Å². The number of carbonyl (C=O) groups excluding carboxylic acids is 2. The number of carboxylic acid groups (broad SMARTS) is 1. The van der Waals surface area contributed by atoms with Crippen molar-refractivity contribution in [1.82, 2.24) is 10.6 Å². The highest BCUT2D eigenvalue weighted by Gasteiger charge is 2.38. The van der Waals surface area contributed by atoms with Crippen LogP contribution in [0.5, 0.6) is 5.75 Å². The fourth-order valence-corrected chi connectivity index (χ4v) is 4.37. The summed E-state index contributed by atoms with van der Waals surface area (Å²) in [7, 11) is 0. The number of carboxylic acids is 1. The van der Waals surface area contributed by atoms with Crippen molar-refractivity contribution < 1.29 is 41.8 Å². The van der Waals surface area contributed by atoms with E-state index < -0.39 is 17.8 Å². The molecule has 4 rings (SSSR count). The summed E-state index contributed by atoms with van der Waals surface area (Å²) in [5.74, 6) is -2.44. The number of alkyl halides is 3. The highest BCUT2D eigenvalue weighted by atomic mass is 19.4. The summed E-state index contributed by atoms with van der Waals surface area (Å²) in [6.07, 6.45) is -4.66. The number of halogens is 3. The van der Waals surface area contributed by atoms with Crippen molar-refractivity contribution in [1.29, 1.82) is 0 Å². The molecule has 0 aliphatic carbocycles. The van der Waals surface area contributed by atoms with Gasteiger partial charge in [-0.2, -0.15) is 13.2 Å². The molecule has 0 saturated carbocycles. The van der Waals surface area contributed by atoms with Gasteiger partial charge < -0.3 is 24.9 Å². The van der Waals surface area contributed by atoms with Crippen molar-refractivity contribution in [2.45, 2.75) is 46.4 Å². The van der Waals surface area contributed by atoms with Crippen LogP contribution in [0.1, 0.15) is 35.6 Å². The summed E-state index contributed by atoms with van der Waals surface area (Å²) in [5, 5.41) is 13.3. The molecule has 4 aromatic rings. The maximum Gasteiger partial charge on any atom is 0.490 e. The smallest absolute Gasteiger partial charge is 0.488 e. The zero-order chi connectivity index (χ0) is 33.1. The Kier molecular flexibility index (Phi) is 11.9. The van der Waals surface area contributed by atoms with Crippen molar-refractivity contribution >= 4 is 28.8 Å². The molecule has 0 radical (unpaired) electrons. The maximum atomic E-state index is 12.8. The van der Waals surface area contributed by atoms with Crippen LogP contribution in [-0.2, 0) is 27.4 Å². The van der Waals surface area contributed by atoms with E-state index in [0.717, 1.165) is 33.2 Å². The zero-order valence-corrected chi connectivity index (χ0v) is 24.9. The first-order valence-electron chi connectivity index (χ1n) is 13.9. The lowest BCUT2D eigenvalue weighted by molar-refractivity contribution is -0.192. The highest BCUT2D eigenvalue weighted by molar-refractivity contribution is 5.86. The molecule has 1 aromatic heterocycles. The number of fused-ring (bicyclic) bond motifs is 1. The number of rotatable bonds is 10. The van der Waals surface area contributed by atoms with E-state index in [-0.39, 0.29) is 24.7 Å². The van der Waals surface area contributed by atoms with Crippen LogP contribution >= 0.6 is 0 Å². The van der Waals surface area contributed by atoms with E-state index in [1.807, 2.05) is 56.3 Å². The summed E-state index contributed by atoms with van der Waals surface area (Å²) in [6, 6.07) is 22.2. The fourth-order valence-electron chi connectivity index (χ4n) is 4.37. The first kappa shape index (κ1) is 34.4. The van der Waals surface area contributed by atoms with E-state index in [4.69, 9.17) is 19.1 Å². The van der Waals surface area contributed by atoms with Crippen molar-refractivity contribution in [2.75, 3.05) is 13.1 Å². The molecule has 0 atom stereocenters. The number of hydrogen-bond acceptors (Lipinski definition) is 6. The van der Waals surface area contributed by atoms with E-state index >= 15 is 0 Å². The molecule has 12 heteroatoms. The summed E-state index contributed by atoms with van der Waals surface area (Å²) in [5.41, 5.74) is 5.43. The first-order chi connectivity index (χ1) is 21.3. The van der Waals surface area contributed by atoms with Crippen LogP contribution in [0.25, 0.3) is 22.1 Å². The molecule has 2 amide bonds. The van der Waals surface area contributed by atoms with Crippen molar-refractivity contribution in [3.05, 3.63) is 99.4 Å². The molecule has 238 valence electrons. The van der Waals surface area contributed by atoms with E-state index in [0.29, 0.717) is 36.6 Å². The molecule has 9 nitrogen and oxygen atoms in total. The Bertz CT molecular complexity index is 1700. The Morgan fingerprint density at radius 1 is 0.867 bits per heavy atom. The van der Waals surface area contributed by atoms with E-state index in [1.165, 1.54) is 6.92 Å². The second-order valence-electron chi connectivity index (χ2n) is 10.0. The Morgan fingerprint density at radius 3 is 2.07 bits per heavy atom. The topological polar surface area (TPSA) is 135 Å². The largest absolute Gasteiger partial charge is 0.490 e. The molecule has 0 fully saturated rings. The third-order valence-electron chi connectivity index (χ3n) is 6.78. The van der Waals surface area contributed by atoms with E-state index in [1.54, 1.807) is 0 Å². The Labute approximate surface area is 257 Å². The number of ether oxygens (including phenoxy) is 1. The van der Waals surface area contributed by atoms with Crippen LogP contribution in [0.15, 0.2) is 75.9 Å². The van der Waals surface area contributed by atoms with Crippen LogP contribution in [0.4, 0.5) is 13.2 Å². The van der Waals surface area contributed by atoms with Gasteiger partial charge in [-0.15, -0.1) is 0 Å². The monoisotopic (exact) mass is 626 g/mol. The highest BCUT2D eigenvalue weighted by Crippen LogP contribution is 2.30. The van der Waals surface area contributed by atoms with Gasteiger partial charge in [-0.05, 0) is 54.7 Å². The molecule has 1 heterocycles. The molecule has 0 spiro atoms. The third-order valence-corrected chi connectivity index (χ3v) is 6.78. The van der Waals surface area contributed by atoms with Crippen molar-refractivity contribution in [3.8, 4) is 16.9 Å². The van der Waals surface area contributed by atoms with Crippen molar-refractivity contribution in [3.63, 3.8) is 0 Å². The van der Waals surface area contributed by atoms with Crippen LogP contribution in [-0.4, -0.2) is 42.2 Å². The molecule has 45 heavy (non-hydrogen) atoms. The Hall–Kier alpha value is -5.13. The van der Waals surface area contributed by atoms with Crippen molar-refractivity contribution in [2.24, 2.45) is 0 Å². The number of amides is 2. The first-order valence-corrected chi connectivity index (χ1v) is 13.9. The van der Waals surface area contributed by atoms with Gasteiger partial charge in [0, 0.05) is 42.9 Å². The normalized spacial score (nSPS) is 10.9. The Balaban J connectivity index is 0.000000707. The van der Waals surface area contributed by atoms with E-state index in [9.17, 15) is 27.6 Å². The molecule has 0 unspecified atom stereocenters. The van der Waals surface area contributed by atoms with Gasteiger partial charge in [-0.3, -0.25) is 9.59 Å². The summed E-state index contributed by atoms with van der Waals surface area (Å²) >= 11 is 0. The maximum absolute atomic E-state index is 12.8. The second-order valence-corrected chi connectivity index (χ2v) is 10.0. The summed E-state index contributed by atoms with van der Waals surface area (Å²) < 4.78 is 43.5. The summed E-state index contributed by atoms with van der Waals surface area (Å²) in [6.45, 7) is 6.26. The van der Waals surface area contributed by atoms with E-state index in [2.05, 4.69) is 34.9 Å². The number of aryl methyl sites for hydroxylation is 2. The molecular weight excluding hydrogens is 593 g/mol. The second kappa shape index (κ2) is 15.6.